The van der Waals surface area contributed by atoms with Crippen LogP contribution in [-0.4, -0.2) is 36.0 Å². The van der Waals surface area contributed by atoms with E-state index in [-0.39, 0.29) is 12.3 Å². The zero-order valence-corrected chi connectivity index (χ0v) is 28.5. The van der Waals surface area contributed by atoms with Crippen molar-refractivity contribution >= 4 is 44.7 Å². The third kappa shape index (κ3) is 6.62. The quantitative estimate of drug-likeness (QED) is 0.171. The van der Waals surface area contributed by atoms with Crippen molar-refractivity contribution in [2.45, 2.75) is 51.4 Å². The van der Waals surface area contributed by atoms with Crippen molar-refractivity contribution in [3.05, 3.63) is 124 Å². The van der Waals surface area contributed by atoms with Gasteiger partial charge in [-0.1, -0.05) is 91.0 Å². The SMILES string of the molecule is Cc1cc(N2CC(=O)CS2(=O)=O)ccc1-n1cc(-c2ccc(Cl)cc2Cl)nc1Cc1ccc(-c2ccc(C3CCCCC3)cc2)cc1. The predicted octanol–water partition coefficient (Wildman–Crippen LogP) is 9.18. The molecule has 47 heavy (non-hydrogen) atoms. The molecular formula is C38H35Cl2N3O3S. The molecule has 1 saturated carbocycles. The van der Waals surface area contributed by atoms with Gasteiger partial charge in [0.2, 0.25) is 10.0 Å². The van der Waals surface area contributed by atoms with Gasteiger partial charge in [0.1, 0.15) is 11.6 Å². The van der Waals surface area contributed by atoms with E-state index in [0.717, 1.165) is 28.2 Å². The number of carbonyl (C=O) groups excluding carboxylic acids is 1. The summed E-state index contributed by atoms with van der Waals surface area (Å²) in [5.74, 6) is 0.717. The van der Waals surface area contributed by atoms with Gasteiger partial charge >= 0.3 is 0 Å². The molecule has 1 aliphatic heterocycles. The van der Waals surface area contributed by atoms with E-state index in [4.69, 9.17) is 28.2 Å². The molecule has 2 heterocycles. The van der Waals surface area contributed by atoms with Gasteiger partial charge in [-0.25, -0.2) is 13.4 Å². The Kier molecular flexibility index (Phi) is 8.73. The average Bonchev–Trinajstić information content (AvgIpc) is 3.59. The number of rotatable bonds is 7. The number of anilines is 1. The van der Waals surface area contributed by atoms with Crippen LogP contribution in [0.3, 0.4) is 0 Å². The summed E-state index contributed by atoms with van der Waals surface area (Å²) in [6, 6.07) is 28.5. The normalized spacial score (nSPS) is 16.6. The molecule has 0 unspecified atom stereocenters. The van der Waals surface area contributed by atoms with E-state index in [2.05, 4.69) is 48.5 Å². The van der Waals surface area contributed by atoms with Crippen molar-refractivity contribution in [1.29, 1.82) is 0 Å². The number of hydrogen-bond acceptors (Lipinski definition) is 4. The molecule has 9 heteroatoms. The van der Waals surface area contributed by atoms with Crippen molar-refractivity contribution in [2.75, 3.05) is 16.6 Å². The number of aryl methyl sites for hydroxylation is 1. The van der Waals surface area contributed by atoms with E-state index >= 15 is 0 Å². The van der Waals surface area contributed by atoms with Crippen molar-refractivity contribution < 1.29 is 13.2 Å². The van der Waals surface area contributed by atoms with Gasteiger partial charge in [0.05, 0.1) is 22.9 Å². The molecule has 7 rings (SSSR count). The number of carbonyl (C=O) groups is 1. The van der Waals surface area contributed by atoms with Gasteiger partial charge in [-0.05, 0) is 89.9 Å². The largest absolute Gasteiger partial charge is 0.303 e. The second kappa shape index (κ2) is 12.9. The van der Waals surface area contributed by atoms with Gasteiger partial charge < -0.3 is 4.57 Å². The zero-order valence-electron chi connectivity index (χ0n) is 26.1. The maximum Gasteiger partial charge on any atom is 0.242 e. The van der Waals surface area contributed by atoms with Gasteiger partial charge in [0.15, 0.2) is 5.78 Å². The van der Waals surface area contributed by atoms with E-state index < -0.39 is 15.8 Å². The predicted molar refractivity (Wildman–Crippen MR) is 190 cm³/mol. The van der Waals surface area contributed by atoms with Gasteiger partial charge in [-0.3, -0.25) is 9.10 Å². The highest BCUT2D eigenvalue weighted by Gasteiger charge is 2.35. The van der Waals surface area contributed by atoms with Gasteiger partial charge in [0, 0.05) is 28.9 Å². The molecule has 0 radical (unpaired) electrons. The average molecular weight is 685 g/mol. The molecule has 1 saturated heterocycles. The number of nitrogens with zero attached hydrogens (tertiary/aromatic N) is 3. The highest BCUT2D eigenvalue weighted by molar-refractivity contribution is 7.94. The number of ketones is 1. The molecule has 1 aromatic heterocycles. The Balaban J connectivity index is 1.19. The summed E-state index contributed by atoms with van der Waals surface area (Å²) in [5, 5.41) is 1.05. The first-order chi connectivity index (χ1) is 22.6. The van der Waals surface area contributed by atoms with E-state index in [1.165, 1.54) is 53.1 Å². The maximum absolute atomic E-state index is 12.6. The maximum atomic E-state index is 12.6. The summed E-state index contributed by atoms with van der Waals surface area (Å²) in [4.78, 5) is 17.0. The number of benzene rings is 4. The highest BCUT2D eigenvalue weighted by Crippen LogP contribution is 2.35. The lowest BCUT2D eigenvalue weighted by molar-refractivity contribution is -0.114. The Bertz CT molecular complexity index is 2070. The molecule has 4 aromatic carbocycles. The number of hydrogen-bond donors (Lipinski definition) is 0. The van der Waals surface area contributed by atoms with Crippen LogP contribution >= 0.6 is 23.2 Å². The number of Topliss-reactive ketones (excluding diaryl/α,β-unsaturated/α-hetero) is 1. The number of imidazole rings is 1. The first kappa shape index (κ1) is 31.7. The Labute approximate surface area is 286 Å². The molecular weight excluding hydrogens is 649 g/mol. The van der Waals surface area contributed by atoms with Crippen LogP contribution in [0.5, 0.6) is 0 Å². The minimum atomic E-state index is -3.66. The molecule has 2 fully saturated rings. The third-order valence-corrected chi connectivity index (χ3v) is 11.6. The molecule has 6 nitrogen and oxygen atoms in total. The fourth-order valence-electron chi connectivity index (χ4n) is 6.86. The Morgan fingerprint density at radius 1 is 0.851 bits per heavy atom. The van der Waals surface area contributed by atoms with Crippen LogP contribution in [0.2, 0.25) is 10.0 Å². The molecule has 2 aliphatic rings. The third-order valence-electron chi connectivity index (χ3n) is 9.35. The summed E-state index contributed by atoms with van der Waals surface area (Å²) in [5.41, 5.74) is 8.56. The van der Waals surface area contributed by atoms with Gasteiger partial charge in [-0.2, -0.15) is 0 Å². The van der Waals surface area contributed by atoms with Crippen LogP contribution in [0.15, 0.2) is 91.1 Å². The summed E-state index contributed by atoms with van der Waals surface area (Å²) < 4.78 is 28.4. The fraction of sp³-hybridized carbons (Fsp3) is 0.263. The van der Waals surface area contributed by atoms with E-state index in [1.54, 1.807) is 24.3 Å². The number of sulfonamides is 1. The van der Waals surface area contributed by atoms with E-state index in [0.29, 0.717) is 33.8 Å². The van der Waals surface area contributed by atoms with E-state index in [1.807, 2.05) is 29.8 Å². The Hall–Kier alpha value is -3.91. The summed E-state index contributed by atoms with van der Waals surface area (Å²) in [6.07, 6.45) is 9.11. The smallest absolute Gasteiger partial charge is 0.242 e. The second-order valence-electron chi connectivity index (χ2n) is 12.6. The van der Waals surface area contributed by atoms with Crippen LogP contribution in [0, 0.1) is 6.92 Å². The van der Waals surface area contributed by atoms with Gasteiger partial charge in [0.25, 0.3) is 0 Å². The topological polar surface area (TPSA) is 72.3 Å². The van der Waals surface area contributed by atoms with Crippen molar-refractivity contribution in [3.63, 3.8) is 0 Å². The molecule has 0 spiro atoms. The summed E-state index contributed by atoms with van der Waals surface area (Å²) in [6.45, 7) is 1.79. The molecule has 0 bridgehead atoms. The number of aromatic nitrogens is 2. The van der Waals surface area contributed by atoms with Crippen molar-refractivity contribution in [1.82, 2.24) is 9.55 Å². The summed E-state index contributed by atoms with van der Waals surface area (Å²) in [7, 11) is -3.66. The molecule has 1 aliphatic carbocycles. The standard InChI is InChI=1S/C38H35Cl2N3O3S/c1-25-19-32(43-22-33(44)24-47(43,45)46)16-18-37(25)42-23-36(34-17-15-31(39)21-35(34)40)41-38(42)20-26-7-9-28(10-8-26)30-13-11-29(12-14-30)27-5-3-2-4-6-27/h7-19,21,23,27H,2-6,20,22,24H2,1H3. The lowest BCUT2D eigenvalue weighted by atomic mass is 9.83. The van der Waals surface area contributed by atoms with Crippen LogP contribution < -0.4 is 4.31 Å². The first-order valence-corrected chi connectivity index (χ1v) is 18.4. The fourth-order valence-corrected chi connectivity index (χ4v) is 8.80. The van der Waals surface area contributed by atoms with Gasteiger partial charge in [-0.15, -0.1) is 0 Å². The summed E-state index contributed by atoms with van der Waals surface area (Å²) >= 11 is 12.8. The molecule has 240 valence electrons. The Morgan fingerprint density at radius 3 is 2.19 bits per heavy atom. The Morgan fingerprint density at radius 2 is 1.55 bits per heavy atom. The molecule has 5 aromatic rings. The lowest BCUT2D eigenvalue weighted by Crippen LogP contribution is -2.25. The highest BCUT2D eigenvalue weighted by atomic mass is 35.5. The van der Waals surface area contributed by atoms with Crippen molar-refractivity contribution in [2.24, 2.45) is 0 Å². The van der Waals surface area contributed by atoms with Crippen LogP contribution in [0.25, 0.3) is 28.1 Å². The van der Waals surface area contributed by atoms with Crippen LogP contribution in [0.1, 0.15) is 60.5 Å². The molecule has 0 atom stereocenters. The molecule has 0 N–H and O–H groups in total. The minimum absolute atomic E-state index is 0.142. The lowest BCUT2D eigenvalue weighted by Gasteiger charge is -2.22. The first-order valence-electron chi connectivity index (χ1n) is 16.0. The minimum Gasteiger partial charge on any atom is -0.303 e. The monoisotopic (exact) mass is 683 g/mol. The second-order valence-corrected chi connectivity index (χ2v) is 15.4. The van der Waals surface area contributed by atoms with Crippen LogP contribution in [-0.2, 0) is 21.2 Å². The molecule has 0 amide bonds. The van der Waals surface area contributed by atoms with Crippen LogP contribution in [0.4, 0.5) is 5.69 Å². The van der Waals surface area contributed by atoms with Crippen molar-refractivity contribution in [3.8, 4) is 28.1 Å². The number of halogens is 2. The van der Waals surface area contributed by atoms with E-state index in [9.17, 15) is 13.2 Å². The zero-order chi connectivity index (χ0) is 32.7.